The number of carbonyl (C=O) groups excluding carboxylic acids is 1. The van der Waals surface area contributed by atoms with Gasteiger partial charge in [0.2, 0.25) is 0 Å². The van der Waals surface area contributed by atoms with Crippen molar-refractivity contribution in [1.82, 2.24) is 10.0 Å². The van der Waals surface area contributed by atoms with Crippen molar-refractivity contribution >= 4 is 18.0 Å². The molecule has 0 bridgehead atoms. The molecule has 0 heterocycles. The second-order valence-electron chi connectivity index (χ2n) is 5.41. The molecule has 1 fully saturated rings. The monoisotopic (exact) mass is 303 g/mol. The number of benzene rings is 1. The van der Waals surface area contributed by atoms with Crippen LogP contribution in [0.15, 0.2) is 29.2 Å². The van der Waals surface area contributed by atoms with E-state index in [2.05, 4.69) is 16.1 Å². The smallest absolute Gasteiger partial charge is 0.325 e. The fourth-order valence-corrected chi connectivity index (χ4v) is 3.10. The Kier molecular flexibility index (Phi) is 6.42. The van der Waals surface area contributed by atoms with Gasteiger partial charge in [-0.2, -0.15) is 5.26 Å². The van der Waals surface area contributed by atoms with Crippen LogP contribution in [0.25, 0.3) is 0 Å². The number of rotatable bonds is 4. The van der Waals surface area contributed by atoms with E-state index in [1.807, 2.05) is 12.1 Å². The van der Waals surface area contributed by atoms with Crippen molar-refractivity contribution in [3.63, 3.8) is 0 Å². The molecular weight excluding hydrogens is 282 g/mol. The topological polar surface area (TPSA) is 64.9 Å². The standard InChI is InChI=1S/C16H21N3OS/c17-11-13-7-9-15(10-8-13)21-19-16(20)18-12-14-5-3-1-2-4-6-14/h7-10,14H,1-6,12H2,(H2,18,19,20). The zero-order valence-electron chi connectivity index (χ0n) is 12.1. The Hall–Kier alpha value is -1.67. The highest BCUT2D eigenvalue weighted by Gasteiger charge is 2.13. The lowest BCUT2D eigenvalue weighted by molar-refractivity contribution is 0.243. The molecule has 0 aliphatic heterocycles. The Bertz CT molecular complexity index is 487. The van der Waals surface area contributed by atoms with Crippen LogP contribution >= 0.6 is 11.9 Å². The third kappa shape index (κ3) is 5.68. The minimum Gasteiger partial charge on any atom is -0.337 e. The molecule has 5 heteroatoms. The van der Waals surface area contributed by atoms with Gasteiger partial charge in [0.15, 0.2) is 0 Å². The molecule has 0 radical (unpaired) electrons. The maximum absolute atomic E-state index is 11.8. The average Bonchev–Trinajstić information content (AvgIpc) is 2.80. The van der Waals surface area contributed by atoms with E-state index < -0.39 is 0 Å². The largest absolute Gasteiger partial charge is 0.337 e. The van der Waals surface area contributed by atoms with E-state index in [-0.39, 0.29) is 6.03 Å². The molecule has 0 atom stereocenters. The third-order valence-electron chi connectivity index (χ3n) is 3.77. The lowest BCUT2D eigenvalue weighted by atomic mass is 10.0. The lowest BCUT2D eigenvalue weighted by Crippen LogP contribution is -2.34. The summed E-state index contributed by atoms with van der Waals surface area (Å²) in [5.74, 6) is 0.623. The Morgan fingerprint density at radius 3 is 2.48 bits per heavy atom. The summed E-state index contributed by atoms with van der Waals surface area (Å²) in [6, 6.07) is 9.07. The Balaban J connectivity index is 1.68. The molecule has 1 aliphatic carbocycles. The van der Waals surface area contributed by atoms with Crippen LogP contribution in [0.1, 0.15) is 44.1 Å². The van der Waals surface area contributed by atoms with Gasteiger partial charge in [-0.05, 0) is 55.0 Å². The molecule has 0 saturated heterocycles. The molecule has 1 saturated carbocycles. The third-order valence-corrected chi connectivity index (χ3v) is 4.57. The van der Waals surface area contributed by atoms with Crippen molar-refractivity contribution < 1.29 is 4.79 Å². The van der Waals surface area contributed by atoms with Gasteiger partial charge in [-0.25, -0.2) is 4.79 Å². The molecule has 2 rings (SSSR count). The molecule has 4 nitrogen and oxygen atoms in total. The maximum atomic E-state index is 11.8. The van der Waals surface area contributed by atoms with Gasteiger partial charge < -0.3 is 5.32 Å². The second kappa shape index (κ2) is 8.58. The van der Waals surface area contributed by atoms with E-state index in [4.69, 9.17) is 5.26 Å². The molecule has 112 valence electrons. The quantitative estimate of drug-likeness (QED) is 0.656. The van der Waals surface area contributed by atoms with E-state index in [0.29, 0.717) is 11.5 Å². The summed E-state index contributed by atoms with van der Waals surface area (Å²) < 4.78 is 2.78. The van der Waals surface area contributed by atoms with Crippen molar-refractivity contribution in [2.45, 2.75) is 43.4 Å². The maximum Gasteiger partial charge on any atom is 0.325 e. The highest BCUT2D eigenvalue weighted by atomic mass is 32.2. The summed E-state index contributed by atoms with van der Waals surface area (Å²) in [7, 11) is 0. The van der Waals surface area contributed by atoms with E-state index in [9.17, 15) is 4.79 Å². The second-order valence-corrected chi connectivity index (χ2v) is 6.29. The Morgan fingerprint density at radius 1 is 1.19 bits per heavy atom. The predicted octanol–water partition coefficient (Wildman–Crippen LogP) is 3.83. The van der Waals surface area contributed by atoms with Gasteiger partial charge in [0.1, 0.15) is 0 Å². The first-order valence-corrected chi connectivity index (χ1v) is 8.30. The van der Waals surface area contributed by atoms with Crippen molar-refractivity contribution in [3.8, 4) is 6.07 Å². The first kappa shape index (κ1) is 15.7. The van der Waals surface area contributed by atoms with Crippen molar-refractivity contribution in [1.29, 1.82) is 5.26 Å². The fourth-order valence-electron chi connectivity index (χ4n) is 2.54. The molecular formula is C16H21N3OS. The van der Waals surface area contributed by atoms with Crippen LogP contribution in [0.2, 0.25) is 0 Å². The molecule has 2 amide bonds. The minimum absolute atomic E-state index is 0.145. The van der Waals surface area contributed by atoms with Crippen LogP contribution < -0.4 is 10.0 Å². The molecule has 1 aromatic rings. The van der Waals surface area contributed by atoms with Crippen LogP contribution in [0.3, 0.4) is 0 Å². The Labute approximate surface area is 130 Å². The normalized spacial score (nSPS) is 15.8. The number of carbonyl (C=O) groups is 1. The van der Waals surface area contributed by atoms with E-state index in [0.717, 1.165) is 11.4 Å². The Morgan fingerprint density at radius 2 is 1.86 bits per heavy atom. The number of urea groups is 1. The van der Waals surface area contributed by atoms with Crippen molar-refractivity contribution in [2.24, 2.45) is 5.92 Å². The number of nitriles is 1. The molecule has 0 spiro atoms. The molecule has 1 aliphatic rings. The number of hydrogen-bond donors (Lipinski definition) is 2. The van der Waals surface area contributed by atoms with Crippen LogP contribution in [0, 0.1) is 17.2 Å². The van der Waals surface area contributed by atoms with Gasteiger partial charge in [-0.1, -0.05) is 25.7 Å². The number of nitrogens with one attached hydrogen (secondary N) is 2. The SMILES string of the molecule is N#Cc1ccc(SNC(=O)NCC2CCCCCC2)cc1. The van der Waals surface area contributed by atoms with Crippen molar-refractivity contribution in [2.75, 3.05) is 6.54 Å². The highest BCUT2D eigenvalue weighted by molar-refractivity contribution is 7.98. The fraction of sp³-hybridized carbons (Fsp3) is 0.500. The van der Waals surface area contributed by atoms with Crippen LogP contribution in [0.4, 0.5) is 4.79 Å². The van der Waals surface area contributed by atoms with E-state index in [1.54, 1.807) is 12.1 Å². The first-order chi connectivity index (χ1) is 10.3. The molecule has 2 N–H and O–H groups in total. The van der Waals surface area contributed by atoms with Crippen LogP contribution in [0.5, 0.6) is 0 Å². The zero-order valence-corrected chi connectivity index (χ0v) is 12.9. The van der Waals surface area contributed by atoms with Crippen LogP contribution in [-0.4, -0.2) is 12.6 Å². The van der Waals surface area contributed by atoms with Crippen LogP contribution in [-0.2, 0) is 0 Å². The lowest BCUT2D eigenvalue weighted by Gasteiger charge is -2.14. The molecule has 1 aromatic carbocycles. The van der Waals surface area contributed by atoms with Gasteiger partial charge >= 0.3 is 6.03 Å². The molecule has 0 unspecified atom stereocenters. The molecule has 21 heavy (non-hydrogen) atoms. The predicted molar refractivity (Wildman–Crippen MR) is 84.7 cm³/mol. The average molecular weight is 303 g/mol. The minimum atomic E-state index is -0.145. The molecule has 0 aromatic heterocycles. The first-order valence-electron chi connectivity index (χ1n) is 7.49. The summed E-state index contributed by atoms with van der Waals surface area (Å²) in [5.41, 5.74) is 0.622. The highest BCUT2D eigenvalue weighted by Crippen LogP contribution is 2.22. The van der Waals surface area contributed by atoms with Gasteiger partial charge in [0, 0.05) is 11.4 Å². The summed E-state index contributed by atoms with van der Waals surface area (Å²) in [5, 5.41) is 11.7. The van der Waals surface area contributed by atoms with Crippen molar-refractivity contribution in [3.05, 3.63) is 29.8 Å². The van der Waals surface area contributed by atoms with Gasteiger partial charge in [0.25, 0.3) is 0 Å². The zero-order chi connectivity index (χ0) is 14.9. The summed E-state index contributed by atoms with van der Waals surface area (Å²) in [6.07, 6.45) is 7.68. The van der Waals surface area contributed by atoms with Gasteiger partial charge in [-0.3, -0.25) is 4.72 Å². The number of nitrogens with zero attached hydrogens (tertiary/aromatic N) is 1. The summed E-state index contributed by atoms with van der Waals surface area (Å²) >= 11 is 1.27. The number of amides is 2. The van der Waals surface area contributed by atoms with E-state index >= 15 is 0 Å². The summed E-state index contributed by atoms with van der Waals surface area (Å²) in [6.45, 7) is 0.764. The van der Waals surface area contributed by atoms with Gasteiger partial charge in [-0.15, -0.1) is 0 Å². The van der Waals surface area contributed by atoms with E-state index in [1.165, 1.54) is 50.5 Å². The number of hydrogen-bond acceptors (Lipinski definition) is 3. The van der Waals surface area contributed by atoms with Gasteiger partial charge in [0.05, 0.1) is 11.6 Å². The summed E-state index contributed by atoms with van der Waals surface area (Å²) in [4.78, 5) is 12.7.